The average molecular weight is 268 g/mol. The molecule has 2 rings (SSSR count). The molecule has 0 aliphatic heterocycles. The van der Waals surface area contributed by atoms with Crippen molar-refractivity contribution in [1.82, 2.24) is 9.59 Å². The molecule has 0 radical (unpaired) electrons. The Kier molecular flexibility index (Phi) is 4.25. The SMILES string of the molecule is CC(C)c1nnsc1C(O)CCc1ccsc1. The zero-order valence-corrected chi connectivity index (χ0v) is 11.6. The van der Waals surface area contributed by atoms with Crippen LogP contribution in [-0.2, 0) is 6.42 Å². The molecule has 0 saturated carbocycles. The van der Waals surface area contributed by atoms with Crippen molar-refractivity contribution in [1.29, 1.82) is 0 Å². The van der Waals surface area contributed by atoms with Crippen LogP contribution in [-0.4, -0.2) is 14.7 Å². The summed E-state index contributed by atoms with van der Waals surface area (Å²) in [6.07, 6.45) is 1.20. The maximum atomic E-state index is 10.2. The van der Waals surface area contributed by atoms with Gasteiger partial charge < -0.3 is 5.11 Å². The summed E-state index contributed by atoms with van der Waals surface area (Å²) in [7, 11) is 0. The molecule has 0 fully saturated rings. The van der Waals surface area contributed by atoms with E-state index in [2.05, 4.69) is 40.3 Å². The molecule has 2 aromatic rings. The zero-order chi connectivity index (χ0) is 12.3. The summed E-state index contributed by atoms with van der Waals surface area (Å²) in [5.41, 5.74) is 2.23. The Bertz CT molecular complexity index is 451. The highest BCUT2D eigenvalue weighted by Crippen LogP contribution is 2.29. The predicted octanol–water partition coefficient (Wildman–Crippen LogP) is 3.39. The number of aliphatic hydroxyl groups is 1. The van der Waals surface area contributed by atoms with Crippen LogP contribution in [0.15, 0.2) is 16.8 Å². The van der Waals surface area contributed by atoms with Gasteiger partial charge in [0.15, 0.2) is 0 Å². The molecule has 5 heteroatoms. The van der Waals surface area contributed by atoms with Crippen molar-refractivity contribution >= 4 is 22.9 Å². The lowest BCUT2D eigenvalue weighted by Crippen LogP contribution is -2.02. The first-order valence-corrected chi connectivity index (χ1v) is 7.41. The van der Waals surface area contributed by atoms with Gasteiger partial charge in [0.25, 0.3) is 0 Å². The molecule has 92 valence electrons. The van der Waals surface area contributed by atoms with Crippen molar-refractivity contribution in [3.63, 3.8) is 0 Å². The highest BCUT2D eigenvalue weighted by Gasteiger charge is 2.18. The van der Waals surface area contributed by atoms with Gasteiger partial charge in [-0.25, -0.2) is 0 Å². The van der Waals surface area contributed by atoms with E-state index < -0.39 is 6.10 Å². The highest BCUT2D eigenvalue weighted by molar-refractivity contribution is 7.08. The second-order valence-electron chi connectivity index (χ2n) is 4.36. The number of hydrogen-bond acceptors (Lipinski definition) is 5. The Morgan fingerprint density at radius 2 is 2.24 bits per heavy atom. The second kappa shape index (κ2) is 5.71. The second-order valence-corrected chi connectivity index (χ2v) is 5.93. The highest BCUT2D eigenvalue weighted by atomic mass is 32.1. The summed E-state index contributed by atoms with van der Waals surface area (Å²) in [5.74, 6) is 0.319. The van der Waals surface area contributed by atoms with Gasteiger partial charge in [-0.2, -0.15) is 11.3 Å². The van der Waals surface area contributed by atoms with Gasteiger partial charge in [-0.05, 0) is 52.7 Å². The van der Waals surface area contributed by atoms with Gasteiger partial charge in [-0.1, -0.05) is 18.3 Å². The lowest BCUT2D eigenvalue weighted by atomic mass is 10.0. The van der Waals surface area contributed by atoms with E-state index in [1.54, 1.807) is 11.3 Å². The standard InChI is InChI=1S/C12H16N2OS2/c1-8(2)11-12(17-14-13-11)10(15)4-3-9-5-6-16-7-9/h5-8,10,15H,3-4H2,1-2H3. The molecule has 1 atom stereocenters. The van der Waals surface area contributed by atoms with E-state index in [0.29, 0.717) is 5.92 Å². The molecule has 1 N–H and O–H groups in total. The van der Waals surface area contributed by atoms with E-state index >= 15 is 0 Å². The monoisotopic (exact) mass is 268 g/mol. The van der Waals surface area contributed by atoms with Gasteiger partial charge in [-0.15, -0.1) is 5.10 Å². The molecule has 0 saturated heterocycles. The van der Waals surface area contributed by atoms with Crippen molar-refractivity contribution in [2.75, 3.05) is 0 Å². The quantitative estimate of drug-likeness (QED) is 0.904. The molecule has 0 aliphatic rings. The summed E-state index contributed by atoms with van der Waals surface area (Å²) in [4.78, 5) is 0.926. The maximum Gasteiger partial charge on any atom is 0.0920 e. The van der Waals surface area contributed by atoms with Crippen molar-refractivity contribution in [3.8, 4) is 0 Å². The number of aliphatic hydroxyl groups excluding tert-OH is 1. The molecule has 0 aliphatic carbocycles. The van der Waals surface area contributed by atoms with Crippen LogP contribution in [0.3, 0.4) is 0 Å². The molecular formula is C12H16N2OS2. The largest absolute Gasteiger partial charge is 0.387 e. The van der Waals surface area contributed by atoms with Crippen LogP contribution in [0.4, 0.5) is 0 Å². The molecule has 1 unspecified atom stereocenters. The first-order chi connectivity index (χ1) is 8.18. The Balaban J connectivity index is 1.99. The van der Waals surface area contributed by atoms with Crippen LogP contribution in [0.2, 0.25) is 0 Å². The number of hydrogen-bond donors (Lipinski definition) is 1. The van der Waals surface area contributed by atoms with E-state index in [1.807, 2.05) is 0 Å². The first-order valence-electron chi connectivity index (χ1n) is 5.69. The summed E-state index contributed by atoms with van der Waals surface area (Å²) in [6.45, 7) is 4.15. The molecule has 0 aromatic carbocycles. The Labute approximate surface area is 109 Å². The van der Waals surface area contributed by atoms with Gasteiger partial charge >= 0.3 is 0 Å². The Morgan fingerprint density at radius 1 is 1.41 bits per heavy atom. The van der Waals surface area contributed by atoms with Gasteiger partial charge in [0.1, 0.15) is 0 Å². The third-order valence-corrected chi connectivity index (χ3v) is 4.25. The summed E-state index contributed by atoms with van der Waals surface area (Å²) < 4.78 is 3.94. The fourth-order valence-electron chi connectivity index (χ4n) is 1.71. The van der Waals surface area contributed by atoms with Crippen molar-refractivity contribution in [2.24, 2.45) is 0 Å². The molecule has 0 bridgehead atoms. The molecule has 2 aromatic heterocycles. The topological polar surface area (TPSA) is 46.0 Å². The molecule has 0 amide bonds. The van der Waals surface area contributed by atoms with Gasteiger partial charge in [0.2, 0.25) is 0 Å². The lowest BCUT2D eigenvalue weighted by molar-refractivity contribution is 0.170. The van der Waals surface area contributed by atoms with Crippen molar-refractivity contribution in [3.05, 3.63) is 33.0 Å². The predicted molar refractivity (Wildman–Crippen MR) is 71.6 cm³/mol. The van der Waals surface area contributed by atoms with E-state index in [0.717, 1.165) is 23.4 Å². The molecule has 17 heavy (non-hydrogen) atoms. The maximum absolute atomic E-state index is 10.2. The minimum Gasteiger partial charge on any atom is -0.387 e. The number of rotatable bonds is 5. The van der Waals surface area contributed by atoms with E-state index in [1.165, 1.54) is 17.1 Å². The van der Waals surface area contributed by atoms with Gasteiger partial charge in [0, 0.05) is 0 Å². The number of aromatic nitrogens is 2. The molecule has 2 heterocycles. The summed E-state index contributed by atoms with van der Waals surface area (Å²) in [6, 6.07) is 2.10. The van der Waals surface area contributed by atoms with Crippen LogP contribution in [0, 0.1) is 0 Å². The fourth-order valence-corrected chi connectivity index (χ4v) is 3.23. The van der Waals surface area contributed by atoms with Crippen LogP contribution >= 0.6 is 22.9 Å². The minimum absolute atomic E-state index is 0.319. The van der Waals surface area contributed by atoms with Gasteiger partial charge in [0.05, 0.1) is 16.7 Å². The van der Waals surface area contributed by atoms with E-state index in [9.17, 15) is 5.11 Å². The van der Waals surface area contributed by atoms with Crippen LogP contribution < -0.4 is 0 Å². The summed E-state index contributed by atoms with van der Waals surface area (Å²) >= 11 is 3.01. The minimum atomic E-state index is -0.438. The van der Waals surface area contributed by atoms with Crippen LogP contribution in [0.5, 0.6) is 0 Å². The zero-order valence-electron chi connectivity index (χ0n) is 9.96. The van der Waals surface area contributed by atoms with Crippen molar-refractivity contribution < 1.29 is 5.11 Å². The number of nitrogens with zero attached hydrogens (tertiary/aromatic N) is 2. The first kappa shape index (κ1) is 12.7. The molecule has 3 nitrogen and oxygen atoms in total. The fraction of sp³-hybridized carbons (Fsp3) is 0.500. The lowest BCUT2D eigenvalue weighted by Gasteiger charge is -2.10. The van der Waals surface area contributed by atoms with Crippen molar-refractivity contribution in [2.45, 2.75) is 38.7 Å². The third-order valence-electron chi connectivity index (χ3n) is 2.68. The van der Waals surface area contributed by atoms with Crippen LogP contribution in [0.25, 0.3) is 0 Å². The van der Waals surface area contributed by atoms with Crippen LogP contribution in [0.1, 0.15) is 48.4 Å². The smallest absolute Gasteiger partial charge is 0.0920 e. The van der Waals surface area contributed by atoms with E-state index in [4.69, 9.17) is 0 Å². The normalized spacial score (nSPS) is 13.2. The molecular weight excluding hydrogens is 252 g/mol. The van der Waals surface area contributed by atoms with E-state index in [-0.39, 0.29) is 0 Å². The summed E-state index contributed by atoms with van der Waals surface area (Å²) in [5, 5.41) is 18.5. The Morgan fingerprint density at radius 3 is 2.88 bits per heavy atom. The third kappa shape index (κ3) is 3.12. The Hall–Kier alpha value is -0.780. The van der Waals surface area contributed by atoms with Gasteiger partial charge in [-0.3, -0.25) is 0 Å². The number of aryl methyl sites for hydroxylation is 1. The number of thiophene rings is 1. The average Bonchev–Trinajstić information content (AvgIpc) is 2.96. The molecule has 0 spiro atoms.